The molecular weight excluding hydrogens is 358 g/mol. The molecule has 0 aromatic carbocycles. The molecule has 1 saturated carbocycles. The summed E-state index contributed by atoms with van der Waals surface area (Å²) in [4.78, 5) is 10.8. The van der Waals surface area contributed by atoms with Crippen LogP contribution in [0.3, 0.4) is 0 Å². The molecule has 0 saturated heterocycles. The maximum absolute atomic E-state index is 11.2. The fourth-order valence-electron chi connectivity index (χ4n) is 3.77. The van der Waals surface area contributed by atoms with Crippen LogP contribution in [0.15, 0.2) is 6.07 Å². The van der Waals surface area contributed by atoms with Crippen LogP contribution in [-0.2, 0) is 14.9 Å². The Labute approximate surface area is 168 Å². The summed E-state index contributed by atoms with van der Waals surface area (Å²) in [7, 11) is 0. The number of nitrogens with zero attached hydrogens (tertiary/aromatic N) is 3. The van der Waals surface area contributed by atoms with Gasteiger partial charge in [0.25, 0.3) is 0 Å². The van der Waals surface area contributed by atoms with Crippen LogP contribution in [0.1, 0.15) is 84.9 Å². The minimum Gasteiger partial charge on any atom is -0.381 e. The Morgan fingerprint density at radius 1 is 1.18 bits per heavy atom. The van der Waals surface area contributed by atoms with E-state index in [-0.39, 0.29) is 22.7 Å². The zero-order valence-corrected chi connectivity index (χ0v) is 18.2. The zero-order valence-electron chi connectivity index (χ0n) is 18.2. The summed E-state index contributed by atoms with van der Waals surface area (Å²) in [6, 6.07) is 1.78. The Morgan fingerprint density at radius 3 is 2.14 bits per heavy atom. The summed E-state index contributed by atoms with van der Waals surface area (Å²) in [5.74, 6) is -0.0687. The highest BCUT2D eigenvalue weighted by molar-refractivity contribution is 5.28. The third kappa shape index (κ3) is 5.77. The number of unbranched alkanes of at least 4 members (excludes halogenated alkanes) is 2. The van der Waals surface area contributed by atoms with Crippen molar-refractivity contribution in [1.82, 2.24) is 9.78 Å². The Kier molecular flexibility index (Phi) is 8.01. The van der Waals surface area contributed by atoms with Crippen molar-refractivity contribution in [2.45, 2.75) is 84.6 Å². The lowest BCUT2D eigenvalue weighted by molar-refractivity contribution is -0.390. The van der Waals surface area contributed by atoms with Crippen LogP contribution in [0, 0.1) is 15.5 Å². The van der Waals surface area contributed by atoms with E-state index in [0.29, 0.717) is 13.2 Å². The van der Waals surface area contributed by atoms with Crippen molar-refractivity contribution < 1.29 is 14.4 Å². The van der Waals surface area contributed by atoms with E-state index in [9.17, 15) is 10.1 Å². The van der Waals surface area contributed by atoms with Crippen molar-refractivity contribution in [2.75, 3.05) is 26.4 Å². The number of ether oxygens (including phenoxy) is 2. The molecule has 7 heteroatoms. The average molecular weight is 396 g/mol. The van der Waals surface area contributed by atoms with Gasteiger partial charge in [-0.05, 0) is 30.6 Å². The van der Waals surface area contributed by atoms with Gasteiger partial charge in [-0.2, -0.15) is 4.68 Å². The van der Waals surface area contributed by atoms with Gasteiger partial charge in [0.2, 0.25) is 0 Å². The lowest BCUT2D eigenvalue weighted by atomic mass is 9.66. The van der Waals surface area contributed by atoms with E-state index < -0.39 is 4.92 Å². The third-order valence-electron chi connectivity index (χ3n) is 5.46. The highest BCUT2D eigenvalue weighted by Gasteiger charge is 2.48. The number of rotatable bonds is 12. The number of aromatic nitrogens is 2. The van der Waals surface area contributed by atoms with Gasteiger partial charge in [0.1, 0.15) is 0 Å². The SMILES string of the molecule is CCCCOCC1(COCCCC)CC(n2nc([N+](=O)[O-])cc2C(C)(C)C)C1. The predicted octanol–water partition coefficient (Wildman–Crippen LogP) is 5.04. The van der Waals surface area contributed by atoms with E-state index in [0.717, 1.165) is 57.4 Å². The summed E-state index contributed by atoms with van der Waals surface area (Å²) in [5, 5.41) is 15.6. The average Bonchev–Trinajstić information content (AvgIpc) is 3.04. The standard InChI is InChI=1S/C21H37N3O4/c1-6-8-10-27-15-21(16-28-11-9-7-2)13-17(14-21)23-18(20(3,4)5)12-19(22-23)24(25)26/h12,17H,6-11,13-16H2,1-5H3. The number of nitro groups is 1. The first-order chi connectivity index (χ1) is 13.2. The molecule has 0 unspecified atom stereocenters. The van der Waals surface area contributed by atoms with Gasteiger partial charge < -0.3 is 19.6 Å². The Morgan fingerprint density at radius 2 is 1.71 bits per heavy atom. The van der Waals surface area contributed by atoms with Crippen LogP contribution in [0.4, 0.5) is 5.82 Å². The fraction of sp³-hybridized carbons (Fsp3) is 0.857. The maximum Gasteiger partial charge on any atom is 0.390 e. The van der Waals surface area contributed by atoms with E-state index in [2.05, 4.69) is 39.7 Å². The van der Waals surface area contributed by atoms with E-state index in [1.54, 1.807) is 6.07 Å². The van der Waals surface area contributed by atoms with Gasteiger partial charge in [0.15, 0.2) is 0 Å². The molecular formula is C21H37N3O4. The zero-order chi connectivity index (χ0) is 20.8. The molecule has 1 aromatic heterocycles. The van der Waals surface area contributed by atoms with Gasteiger partial charge in [-0.15, -0.1) is 0 Å². The molecule has 2 rings (SSSR count). The van der Waals surface area contributed by atoms with Crippen LogP contribution >= 0.6 is 0 Å². The van der Waals surface area contributed by atoms with Crippen molar-refractivity contribution in [3.05, 3.63) is 21.9 Å². The summed E-state index contributed by atoms with van der Waals surface area (Å²) in [6.07, 6.45) is 6.13. The van der Waals surface area contributed by atoms with Crippen LogP contribution in [0.2, 0.25) is 0 Å². The van der Waals surface area contributed by atoms with Gasteiger partial charge in [0, 0.05) is 24.0 Å². The van der Waals surface area contributed by atoms with Crippen molar-refractivity contribution in [2.24, 2.45) is 5.41 Å². The van der Waals surface area contributed by atoms with Crippen molar-refractivity contribution in [3.8, 4) is 0 Å². The highest BCUT2D eigenvalue weighted by Crippen LogP contribution is 2.50. The van der Waals surface area contributed by atoms with Crippen molar-refractivity contribution >= 4 is 5.82 Å². The Hall–Kier alpha value is -1.47. The van der Waals surface area contributed by atoms with Gasteiger partial charge in [-0.25, -0.2) is 0 Å². The molecule has 160 valence electrons. The molecule has 1 aliphatic rings. The van der Waals surface area contributed by atoms with Crippen LogP contribution in [-0.4, -0.2) is 41.1 Å². The van der Waals surface area contributed by atoms with Crippen LogP contribution in [0.25, 0.3) is 0 Å². The fourth-order valence-corrected chi connectivity index (χ4v) is 3.77. The molecule has 0 bridgehead atoms. The second kappa shape index (κ2) is 9.83. The molecule has 0 atom stereocenters. The molecule has 7 nitrogen and oxygen atoms in total. The molecule has 1 aromatic rings. The van der Waals surface area contributed by atoms with Crippen molar-refractivity contribution in [1.29, 1.82) is 0 Å². The van der Waals surface area contributed by atoms with E-state index in [1.807, 2.05) is 4.68 Å². The van der Waals surface area contributed by atoms with Gasteiger partial charge in [-0.1, -0.05) is 47.5 Å². The number of hydrogen-bond acceptors (Lipinski definition) is 5. The minimum atomic E-state index is -0.403. The summed E-state index contributed by atoms with van der Waals surface area (Å²) < 4.78 is 13.8. The van der Waals surface area contributed by atoms with Crippen LogP contribution < -0.4 is 0 Å². The number of hydrogen-bond donors (Lipinski definition) is 0. The topological polar surface area (TPSA) is 79.4 Å². The molecule has 1 fully saturated rings. The molecule has 0 radical (unpaired) electrons. The molecule has 0 aliphatic heterocycles. The summed E-state index contributed by atoms with van der Waals surface area (Å²) in [5.41, 5.74) is 0.702. The van der Waals surface area contributed by atoms with E-state index in [4.69, 9.17) is 9.47 Å². The highest BCUT2D eigenvalue weighted by atomic mass is 16.6. The smallest absolute Gasteiger partial charge is 0.381 e. The predicted molar refractivity (Wildman–Crippen MR) is 110 cm³/mol. The second-order valence-corrected chi connectivity index (χ2v) is 9.21. The van der Waals surface area contributed by atoms with E-state index >= 15 is 0 Å². The third-order valence-corrected chi connectivity index (χ3v) is 5.46. The minimum absolute atomic E-state index is 0.0119. The first kappa shape index (κ1) is 22.8. The first-order valence-corrected chi connectivity index (χ1v) is 10.6. The molecule has 0 N–H and O–H groups in total. The normalized spacial score (nSPS) is 16.9. The Balaban J connectivity index is 2.09. The second-order valence-electron chi connectivity index (χ2n) is 9.21. The lowest BCUT2D eigenvalue weighted by Crippen LogP contribution is -2.46. The largest absolute Gasteiger partial charge is 0.390 e. The quantitative estimate of drug-likeness (QED) is 0.281. The summed E-state index contributed by atoms with van der Waals surface area (Å²) >= 11 is 0. The summed E-state index contributed by atoms with van der Waals surface area (Å²) in [6.45, 7) is 13.4. The molecule has 0 amide bonds. The molecule has 1 heterocycles. The van der Waals surface area contributed by atoms with Gasteiger partial charge >= 0.3 is 5.82 Å². The van der Waals surface area contributed by atoms with Crippen LogP contribution in [0.5, 0.6) is 0 Å². The van der Waals surface area contributed by atoms with E-state index in [1.165, 1.54) is 0 Å². The van der Waals surface area contributed by atoms with Gasteiger partial charge in [-0.3, -0.25) is 0 Å². The molecule has 1 aliphatic carbocycles. The van der Waals surface area contributed by atoms with Crippen molar-refractivity contribution in [3.63, 3.8) is 0 Å². The molecule has 0 spiro atoms. The maximum atomic E-state index is 11.2. The van der Waals surface area contributed by atoms with Gasteiger partial charge in [0.05, 0.1) is 36.1 Å². The lowest BCUT2D eigenvalue weighted by Gasteiger charge is -2.47. The first-order valence-electron chi connectivity index (χ1n) is 10.6. The monoisotopic (exact) mass is 395 g/mol. The molecule has 28 heavy (non-hydrogen) atoms. The Bertz CT molecular complexity index is 616.